The molecule has 27 heavy (non-hydrogen) atoms. The predicted octanol–water partition coefficient (Wildman–Crippen LogP) is 2.17. The van der Waals surface area contributed by atoms with Crippen LogP contribution in [-0.2, 0) is 5.41 Å². The van der Waals surface area contributed by atoms with Gasteiger partial charge in [-0.3, -0.25) is 9.59 Å². The molecular formula is C21H32N4O2. The molecule has 1 atom stereocenters. The molecule has 0 aromatic carbocycles. The van der Waals surface area contributed by atoms with Crippen LogP contribution in [0.1, 0.15) is 61.6 Å². The Balaban J connectivity index is 1.47. The topological polar surface area (TPSA) is 78.1 Å². The average molecular weight is 373 g/mol. The van der Waals surface area contributed by atoms with Crippen LogP contribution in [0.15, 0.2) is 11.0 Å². The third-order valence-electron chi connectivity index (χ3n) is 6.87. The third-order valence-corrected chi connectivity index (χ3v) is 6.87. The highest BCUT2D eigenvalue weighted by molar-refractivity contribution is 5.93. The van der Waals surface area contributed by atoms with Gasteiger partial charge in [0.1, 0.15) is 11.4 Å². The van der Waals surface area contributed by atoms with E-state index in [0.29, 0.717) is 12.5 Å². The molecule has 148 valence electrons. The summed E-state index contributed by atoms with van der Waals surface area (Å²) in [6.45, 7) is 3.52. The molecule has 0 radical (unpaired) electrons. The van der Waals surface area contributed by atoms with Crippen LogP contribution in [0.3, 0.4) is 0 Å². The van der Waals surface area contributed by atoms with Crippen molar-refractivity contribution >= 4 is 5.91 Å². The molecule has 1 unspecified atom stereocenters. The van der Waals surface area contributed by atoms with Crippen molar-refractivity contribution in [3.05, 3.63) is 27.9 Å². The van der Waals surface area contributed by atoms with Crippen molar-refractivity contribution in [1.29, 1.82) is 0 Å². The van der Waals surface area contributed by atoms with E-state index < -0.39 is 0 Å². The lowest BCUT2D eigenvalue weighted by molar-refractivity contribution is -0.00953. The predicted molar refractivity (Wildman–Crippen MR) is 105 cm³/mol. The zero-order chi connectivity index (χ0) is 19.2. The van der Waals surface area contributed by atoms with Crippen LogP contribution < -0.4 is 10.9 Å². The molecule has 4 bridgehead atoms. The highest BCUT2D eigenvalue weighted by Gasteiger charge is 2.52. The van der Waals surface area contributed by atoms with E-state index >= 15 is 0 Å². The van der Waals surface area contributed by atoms with Crippen molar-refractivity contribution in [2.75, 3.05) is 27.2 Å². The smallest absolute Gasteiger partial charge is 0.263 e. The monoisotopic (exact) mass is 372 g/mol. The molecule has 1 amide bonds. The van der Waals surface area contributed by atoms with Crippen molar-refractivity contribution < 1.29 is 4.79 Å². The summed E-state index contributed by atoms with van der Waals surface area (Å²) in [7, 11) is 4.02. The first-order chi connectivity index (χ1) is 12.8. The van der Waals surface area contributed by atoms with E-state index in [1.165, 1.54) is 25.5 Å². The minimum Gasteiger partial charge on any atom is -0.351 e. The lowest BCUT2D eigenvalue weighted by Crippen LogP contribution is -2.50. The van der Waals surface area contributed by atoms with Crippen LogP contribution in [0.5, 0.6) is 0 Å². The second-order valence-electron chi connectivity index (χ2n) is 9.75. The number of nitrogens with one attached hydrogen (secondary N) is 2. The second kappa shape index (κ2) is 7.04. The summed E-state index contributed by atoms with van der Waals surface area (Å²) in [6, 6.07) is 0. The highest BCUT2D eigenvalue weighted by atomic mass is 16.2. The van der Waals surface area contributed by atoms with Gasteiger partial charge in [-0.1, -0.05) is 6.92 Å². The zero-order valence-electron chi connectivity index (χ0n) is 16.8. The van der Waals surface area contributed by atoms with Gasteiger partial charge >= 0.3 is 0 Å². The lowest BCUT2D eigenvalue weighted by Gasteiger charge is -2.56. The number of nitrogens with zero attached hydrogens (tertiary/aromatic N) is 2. The molecule has 2 N–H and O–H groups in total. The first-order valence-corrected chi connectivity index (χ1v) is 10.4. The zero-order valence-corrected chi connectivity index (χ0v) is 16.8. The fraction of sp³-hybridized carbons (Fsp3) is 0.762. The van der Waals surface area contributed by atoms with Crippen LogP contribution in [0.4, 0.5) is 0 Å². The summed E-state index contributed by atoms with van der Waals surface area (Å²) in [6.07, 6.45) is 9.01. The molecule has 0 spiro atoms. The Kier molecular flexibility index (Phi) is 4.87. The summed E-state index contributed by atoms with van der Waals surface area (Å²) in [5.41, 5.74) is -0.127. The van der Waals surface area contributed by atoms with E-state index in [4.69, 9.17) is 0 Å². The van der Waals surface area contributed by atoms with Gasteiger partial charge < -0.3 is 15.2 Å². The molecule has 1 aromatic heterocycles. The molecule has 4 aliphatic rings. The fourth-order valence-corrected chi connectivity index (χ4v) is 6.28. The van der Waals surface area contributed by atoms with Gasteiger partial charge in [0.05, 0.1) is 0 Å². The number of aromatic nitrogens is 2. The number of carbonyl (C=O) groups excluding carboxylic acids is 1. The number of aromatic amines is 1. The second-order valence-corrected chi connectivity index (χ2v) is 9.75. The quantitative estimate of drug-likeness (QED) is 0.802. The third kappa shape index (κ3) is 3.68. The number of H-pyrrole nitrogens is 1. The van der Waals surface area contributed by atoms with Gasteiger partial charge in [-0.15, -0.1) is 0 Å². The van der Waals surface area contributed by atoms with Crippen LogP contribution in [-0.4, -0.2) is 48.0 Å². The van der Waals surface area contributed by atoms with Crippen molar-refractivity contribution in [3.8, 4) is 0 Å². The Labute approximate surface area is 161 Å². The lowest BCUT2D eigenvalue weighted by atomic mass is 9.49. The van der Waals surface area contributed by atoms with Crippen LogP contribution >= 0.6 is 0 Å². The van der Waals surface area contributed by atoms with E-state index in [0.717, 1.165) is 49.4 Å². The molecule has 4 fully saturated rings. The highest BCUT2D eigenvalue weighted by Crippen LogP contribution is 2.59. The first-order valence-electron chi connectivity index (χ1n) is 10.4. The molecule has 6 nitrogen and oxygen atoms in total. The Morgan fingerprint density at radius 2 is 1.85 bits per heavy atom. The summed E-state index contributed by atoms with van der Waals surface area (Å²) >= 11 is 0. The summed E-state index contributed by atoms with van der Waals surface area (Å²) in [5, 5.41) is 2.87. The van der Waals surface area contributed by atoms with Crippen molar-refractivity contribution in [2.24, 2.45) is 23.7 Å². The van der Waals surface area contributed by atoms with Crippen molar-refractivity contribution in [1.82, 2.24) is 20.2 Å². The van der Waals surface area contributed by atoms with Crippen LogP contribution in [0.25, 0.3) is 0 Å². The van der Waals surface area contributed by atoms with Gasteiger partial charge in [0, 0.05) is 24.7 Å². The molecule has 6 heteroatoms. The SMILES string of the molecule is CC(CNC(=O)c1cnc(C23CC4CC(CC(C4)C2)C3)[nH]c1=O)CN(C)C. The van der Waals surface area contributed by atoms with Gasteiger partial charge in [-0.25, -0.2) is 4.98 Å². The molecule has 1 aromatic rings. The maximum Gasteiger partial charge on any atom is 0.263 e. The van der Waals surface area contributed by atoms with Gasteiger partial charge in [-0.2, -0.15) is 0 Å². The average Bonchev–Trinajstić information content (AvgIpc) is 2.58. The van der Waals surface area contributed by atoms with Gasteiger partial charge in [0.25, 0.3) is 11.5 Å². The van der Waals surface area contributed by atoms with Crippen molar-refractivity contribution in [3.63, 3.8) is 0 Å². The van der Waals surface area contributed by atoms with E-state index in [1.807, 2.05) is 14.1 Å². The summed E-state index contributed by atoms with van der Waals surface area (Å²) < 4.78 is 0. The van der Waals surface area contributed by atoms with Crippen LogP contribution in [0.2, 0.25) is 0 Å². The number of carbonyl (C=O) groups is 1. The first kappa shape index (κ1) is 18.7. The largest absolute Gasteiger partial charge is 0.351 e. The molecule has 1 heterocycles. The molecular weight excluding hydrogens is 340 g/mol. The Bertz CT molecular complexity index is 734. The normalized spacial score (nSPS) is 32.7. The number of hydrogen-bond donors (Lipinski definition) is 2. The van der Waals surface area contributed by atoms with Gasteiger partial charge in [-0.05, 0) is 76.3 Å². The molecule has 4 aliphatic carbocycles. The Morgan fingerprint density at radius 1 is 1.26 bits per heavy atom. The van der Waals surface area contributed by atoms with E-state index in [1.54, 1.807) is 0 Å². The summed E-state index contributed by atoms with van der Waals surface area (Å²) in [4.78, 5) is 34.8. The minimum atomic E-state index is -0.327. The number of rotatable bonds is 6. The molecule has 4 saturated carbocycles. The van der Waals surface area contributed by atoms with E-state index in [-0.39, 0.29) is 22.4 Å². The number of hydrogen-bond acceptors (Lipinski definition) is 4. The Hall–Kier alpha value is -1.69. The van der Waals surface area contributed by atoms with E-state index in [9.17, 15) is 9.59 Å². The molecule has 0 saturated heterocycles. The molecule has 0 aliphatic heterocycles. The van der Waals surface area contributed by atoms with Crippen molar-refractivity contribution in [2.45, 2.75) is 50.9 Å². The maximum absolute atomic E-state index is 12.6. The number of amides is 1. The fourth-order valence-electron chi connectivity index (χ4n) is 6.28. The van der Waals surface area contributed by atoms with Crippen LogP contribution in [0, 0.1) is 23.7 Å². The standard InChI is InChI=1S/C21H32N4O2/c1-13(12-25(2)3)10-22-18(26)17-11-23-20(24-19(17)27)21-7-14-4-15(8-21)6-16(5-14)9-21/h11,13-16H,4-10,12H2,1-3H3,(H,22,26)(H,23,24,27). The minimum absolute atomic E-state index is 0.0448. The Morgan fingerprint density at radius 3 is 2.37 bits per heavy atom. The summed E-state index contributed by atoms with van der Waals surface area (Å²) in [5.74, 6) is 3.20. The van der Waals surface area contributed by atoms with Gasteiger partial charge in [0.2, 0.25) is 0 Å². The molecule has 5 rings (SSSR count). The van der Waals surface area contributed by atoms with E-state index in [2.05, 4.69) is 27.1 Å². The maximum atomic E-state index is 12.6. The van der Waals surface area contributed by atoms with Gasteiger partial charge in [0.15, 0.2) is 0 Å².